The minimum absolute atomic E-state index is 0.0541. The Kier molecular flexibility index (Phi) is 6.13. The van der Waals surface area contributed by atoms with Crippen LogP contribution in [0.25, 0.3) is 10.9 Å². The Balaban J connectivity index is 2.20. The zero-order valence-electron chi connectivity index (χ0n) is 14.0. The lowest BCUT2D eigenvalue weighted by atomic mass is 10.1. The maximum absolute atomic E-state index is 12.5. The van der Waals surface area contributed by atoms with Crippen LogP contribution in [0.3, 0.4) is 0 Å². The summed E-state index contributed by atoms with van der Waals surface area (Å²) in [5, 5.41) is 3.04. The third-order valence-electron chi connectivity index (χ3n) is 4.30. The minimum Gasteiger partial charge on any atom is -0.338 e. The van der Waals surface area contributed by atoms with Crippen molar-refractivity contribution in [3.8, 4) is 0 Å². The maximum atomic E-state index is 12.5. The van der Waals surface area contributed by atoms with Crippen molar-refractivity contribution >= 4 is 10.9 Å². The largest absolute Gasteiger partial charge is 0.338 e. The molecule has 2 rings (SSSR count). The zero-order chi connectivity index (χ0) is 15.9. The molecule has 0 radical (unpaired) electrons. The lowest BCUT2D eigenvalue weighted by Crippen LogP contribution is -2.85. The van der Waals surface area contributed by atoms with Crippen LogP contribution in [0, 0.1) is 0 Å². The standard InChI is InChI=1S/C18H27N3O/c1-4-6-7-10-13-19-15(5-2)17-20-16-12-9-8-11-14(16)18(22)21(17)3/h8-9,11-12,15,19H,4-7,10,13H2,1-3H3/p+1/t15-/m1/s1. The van der Waals surface area contributed by atoms with Gasteiger partial charge >= 0.3 is 0 Å². The van der Waals surface area contributed by atoms with E-state index in [0.29, 0.717) is 5.39 Å². The number of hydrogen-bond acceptors (Lipinski definition) is 2. The number of fused-ring (bicyclic) bond motifs is 1. The van der Waals surface area contributed by atoms with Gasteiger partial charge in [-0.2, -0.15) is 0 Å². The Morgan fingerprint density at radius 3 is 2.68 bits per heavy atom. The summed E-state index contributed by atoms with van der Waals surface area (Å²) >= 11 is 0. The Labute approximate surface area is 132 Å². The molecule has 0 fully saturated rings. The number of unbranched alkanes of at least 4 members (excludes halogenated alkanes) is 3. The fourth-order valence-corrected chi connectivity index (χ4v) is 2.91. The summed E-state index contributed by atoms with van der Waals surface area (Å²) < 4.78 is 1.72. The Hall–Kier alpha value is -1.68. The third kappa shape index (κ3) is 3.74. The molecule has 0 bridgehead atoms. The van der Waals surface area contributed by atoms with Gasteiger partial charge in [-0.15, -0.1) is 0 Å². The van der Waals surface area contributed by atoms with Crippen molar-refractivity contribution in [3.63, 3.8) is 0 Å². The molecule has 1 atom stereocenters. The third-order valence-corrected chi connectivity index (χ3v) is 4.30. The van der Waals surface area contributed by atoms with E-state index in [1.807, 2.05) is 31.3 Å². The number of quaternary nitrogens is 1. The fourth-order valence-electron chi connectivity index (χ4n) is 2.91. The first-order valence-corrected chi connectivity index (χ1v) is 8.48. The van der Waals surface area contributed by atoms with E-state index < -0.39 is 0 Å². The molecule has 0 aliphatic carbocycles. The van der Waals surface area contributed by atoms with Gasteiger partial charge in [0.15, 0.2) is 5.82 Å². The fraction of sp³-hybridized carbons (Fsp3) is 0.556. The summed E-state index contributed by atoms with van der Waals surface area (Å²) in [4.78, 5) is 17.2. The molecule has 1 heterocycles. The Morgan fingerprint density at radius 2 is 1.95 bits per heavy atom. The van der Waals surface area contributed by atoms with Crippen molar-refractivity contribution in [1.29, 1.82) is 0 Å². The van der Waals surface area contributed by atoms with Gasteiger partial charge in [0.25, 0.3) is 5.56 Å². The van der Waals surface area contributed by atoms with Crippen LogP contribution in [-0.4, -0.2) is 16.1 Å². The molecule has 2 N–H and O–H groups in total. The molecule has 0 aliphatic rings. The van der Waals surface area contributed by atoms with Crippen molar-refractivity contribution in [3.05, 3.63) is 40.4 Å². The van der Waals surface area contributed by atoms with Crippen LogP contribution < -0.4 is 10.9 Å². The molecule has 0 aliphatic heterocycles. The first-order valence-electron chi connectivity index (χ1n) is 8.48. The molecule has 120 valence electrons. The van der Waals surface area contributed by atoms with Crippen LogP contribution in [0.1, 0.15) is 57.8 Å². The van der Waals surface area contributed by atoms with Gasteiger partial charge in [-0.05, 0) is 25.0 Å². The van der Waals surface area contributed by atoms with Crippen LogP contribution >= 0.6 is 0 Å². The number of para-hydroxylation sites is 1. The van der Waals surface area contributed by atoms with Gasteiger partial charge in [-0.3, -0.25) is 9.36 Å². The topological polar surface area (TPSA) is 51.5 Å². The summed E-state index contributed by atoms with van der Waals surface area (Å²) in [6.07, 6.45) is 6.06. The van der Waals surface area contributed by atoms with E-state index in [4.69, 9.17) is 4.98 Å². The van der Waals surface area contributed by atoms with Crippen molar-refractivity contribution in [2.45, 2.75) is 52.0 Å². The zero-order valence-corrected chi connectivity index (χ0v) is 14.0. The molecule has 4 heteroatoms. The molecule has 1 aromatic heterocycles. The molecule has 0 amide bonds. The van der Waals surface area contributed by atoms with E-state index in [0.717, 1.165) is 24.3 Å². The second-order valence-corrected chi connectivity index (χ2v) is 5.95. The van der Waals surface area contributed by atoms with Gasteiger partial charge in [0.1, 0.15) is 6.04 Å². The molecule has 0 saturated heterocycles. The molecule has 0 unspecified atom stereocenters. The van der Waals surface area contributed by atoms with E-state index in [1.54, 1.807) is 4.57 Å². The first kappa shape index (κ1) is 16.7. The maximum Gasteiger partial charge on any atom is 0.261 e. The van der Waals surface area contributed by atoms with Crippen LogP contribution in [0.2, 0.25) is 0 Å². The van der Waals surface area contributed by atoms with Gasteiger partial charge < -0.3 is 5.32 Å². The monoisotopic (exact) mass is 302 g/mol. The number of nitrogens with two attached hydrogens (primary N) is 1. The average Bonchev–Trinajstić information content (AvgIpc) is 2.55. The normalized spacial score (nSPS) is 12.7. The second-order valence-electron chi connectivity index (χ2n) is 5.95. The van der Waals surface area contributed by atoms with E-state index in [1.165, 1.54) is 25.7 Å². The summed E-state index contributed by atoms with van der Waals surface area (Å²) in [7, 11) is 1.84. The molecule has 0 saturated carbocycles. The van der Waals surface area contributed by atoms with E-state index in [-0.39, 0.29) is 11.6 Å². The predicted octanol–water partition coefficient (Wildman–Crippen LogP) is 2.53. The summed E-state index contributed by atoms with van der Waals surface area (Å²) in [6, 6.07) is 7.86. The molecular formula is C18H28N3O+. The van der Waals surface area contributed by atoms with Crippen molar-refractivity contribution in [1.82, 2.24) is 9.55 Å². The molecule has 1 aromatic carbocycles. The Bertz CT molecular complexity index is 663. The minimum atomic E-state index is 0.0541. The van der Waals surface area contributed by atoms with Crippen molar-refractivity contribution in [2.75, 3.05) is 6.54 Å². The summed E-state index contributed by atoms with van der Waals surface area (Å²) in [6.45, 7) is 5.49. The second kappa shape index (κ2) is 8.08. The smallest absolute Gasteiger partial charge is 0.261 e. The van der Waals surface area contributed by atoms with E-state index >= 15 is 0 Å². The summed E-state index contributed by atoms with van der Waals surface area (Å²) in [5.41, 5.74) is 0.858. The van der Waals surface area contributed by atoms with Crippen molar-refractivity contribution < 1.29 is 5.32 Å². The van der Waals surface area contributed by atoms with Crippen LogP contribution in [0.15, 0.2) is 29.1 Å². The lowest BCUT2D eigenvalue weighted by molar-refractivity contribution is -0.698. The summed E-state index contributed by atoms with van der Waals surface area (Å²) in [5.74, 6) is 0.890. The highest BCUT2D eigenvalue weighted by atomic mass is 16.1. The number of nitrogens with zero attached hydrogens (tertiary/aromatic N) is 2. The van der Waals surface area contributed by atoms with Gasteiger partial charge in [0, 0.05) is 13.5 Å². The van der Waals surface area contributed by atoms with E-state index in [2.05, 4.69) is 19.2 Å². The average molecular weight is 302 g/mol. The molecule has 4 nitrogen and oxygen atoms in total. The quantitative estimate of drug-likeness (QED) is 0.762. The number of hydrogen-bond donors (Lipinski definition) is 1. The highest BCUT2D eigenvalue weighted by molar-refractivity contribution is 5.77. The van der Waals surface area contributed by atoms with Crippen molar-refractivity contribution in [2.24, 2.45) is 7.05 Å². The molecule has 22 heavy (non-hydrogen) atoms. The molecule has 2 aromatic rings. The number of rotatable bonds is 8. The predicted molar refractivity (Wildman–Crippen MR) is 91.0 cm³/mol. The van der Waals surface area contributed by atoms with Gasteiger partial charge in [-0.25, -0.2) is 4.98 Å². The first-order chi connectivity index (χ1) is 10.7. The van der Waals surface area contributed by atoms with Crippen LogP contribution in [0.5, 0.6) is 0 Å². The Morgan fingerprint density at radius 1 is 1.18 bits per heavy atom. The highest BCUT2D eigenvalue weighted by Crippen LogP contribution is 2.12. The number of aromatic nitrogens is 2. The van der Waals surface area contributed by atoms with Gasteiger partial charge in [0.05, 0.1) is 17.4 Å². The molecular weight excluding hydrogens is 274 g/mol. The molecule has 0 spiro atoms. The van der Waals surface area contributed by atoms with Gasteiger partial charge in [0.2, 0.25) is 0 Å². The van der Waals surface area contributed by atoms with Gasteiger partial charge in [-0.1, -0.05) is 38.8 Å². The van der Waals surface area contributed by atoms with Crippen LogP contribution in [0.4, 0.5) is 0 Å². The highest BCUT2D eigenvalue weighted by Gasteiger charge is 2.19. The van der Waals surface area contributed by atoms with E-state index in [9.17, 15) is 4.79 Å². The lowest BCUT2D eigenvalue weighted by Gasteiger charge is -2.17. The number of benzene rings is 1. The SMILES string of the molecule is CCCCCC[NH2+][C@H](CC)c1nc2ccccc2c(=O)n1C. The van der Waals surface area contributed by atoms with Crippen LogP contribution in [-0.2, 0) is 7.05 Å².